The second-order valence-corrected chi connectivity index (χ2v) is 6.26. The molecule has 5 nitrogen and oxygen atoms in total. The molecule has 1 N–H and O–H groups in total. The van der Waals surface area contributed by atoms with Gasteiger partial charge in [-0.3, -0.25) is 0 Å². The van der Waals surface area contributed by atoms with E-state index in [0.717, 1.165) is 17.2 Å². The Morgan fingerprint density at radius 3 is 2.30 bits per heavy atom. The molecule has 0 aliphatic heterocycles. The number of hydrogen-bond donors (Lipinski definition) is 1. The lowest BCUT2D eigenvalue weighted by Crippen LogP contribution is -2.43. The quantitative estimate of drug-likeness (QED) is 0.868. The van der Waals surface area contributed by atoms with Crippen LogP contribution in [0.25, 0.3) is 0 Å². The Hall–Kier alpha value is -1.36. The van der Waals surface area contributed by atoms with E-state index in [0.29, 0.717) is 12.5 Å². The first kappa shape index (κ1) is 16.7. The molecule has 5 heteroatoms. The van der Waals surface area contributed by atoms with Gasteiger partial charge >= 0.3 is 0 Å². The maximum absolute atomic E-state index is 5.96. The van der Waals surface area contributed by atoms with E-state index in [1.807, 2.05) is 14.0 Å². The van der Waals surface area contributed by atoms with Gasteiger partial charge in [0, 0.05) is 18.5 Å². The molecule has 1 rings (SSSR count). The predicted molar refractivity (Wildman–Crippen MR) is 83.7 cm³/mol. The summed E-state index contributed by atoms with van der Waals surface area (Å²) in [5, 5.41) is 3.11. The standard InChI is InChI=1S/C15H28N4O/c1-10(2)12-17-13(16-6)11(3)14(18-12)20-9-15(4,5)19(7)8/h10H,9H2,1-8H3,(H,16,17,18). The minimum Gasteiger partial charge on any atom is -0.475 e. The zero-order valence-electron chi connectivity index (χ0n) is 14.0. The van der Waals surface area contributed by atoms with Gasteiger partial charge in [0.05, 0.1) is 5.56 Å². The van der Waals surface area contributed by atoms with Crippen LogP contribution in [0.15, 0.2) is 0 Å². The first-order valence-electron chi connectivity index (χ1n) is 7.05. The fraction of sp³-hybridized carbons (Fsp3) is 0.733. The number of hydrogen-bond acceptors (Lipinski definition) is 5. The molecule has 0 bridgehead atoms. The van der Waals surface area contributed by atoms with Crippen molar-refractivity contribution in [3.05, 3.63) is 11.4 Å². The smallest absolute Gasteiger partial charge is 0.221 e. The van der Waals surface area contributed by atoms with Gasteiger partial charge in [0.15, 0.2) is 0 Å². The van der Waals surface area contributed by atoms with Crippen molar-refractivity contribution in [2.75, 3.05) is 33.1 Å². The number of likely N-dealkylation sites (N-methyl/N-ethyl adjacent to an activating group) is 1. The minimum absolute atomic E-state index is 0.0464. The lowest BCUT2D eigenvalue weighted by molar-refractivity contribution is 0.110. The van der Waals surface area contributed by atoms with Gasteiger partial charge in [-0.15, -0.1) is 0 Å². The number of anilines is 1. The van der Waals surface area contributed by atoms with Gasteiger partial charge in [0.1, 0.15) is 18.2 Å². The second kappa shape index (κ2) is 6.39. The van der Waals surface area contributed by atoms with E-state index in [-0.39, 0.29) is 11.5 Å². The largest absolute Gasteiger partial charge is 0.475 e. The Bertz CT molecular complexity index is 455. The van der Waals surface area contributed by atoms with Crippen molar-refractivity contribution in [1.29, 1.82) is 0 Å². The lowest BCUT2D eigenvalue weighted by atomic mass is 10.1. The Kier molecular flexibility index (Phi) is 5.34. The Morgan fingerprint density at radius 1 is 1.25 bits per heavy atom. The summed E-state index contributed by atoms with van der Waals surface area (Å²) >= 11 is 0. The highest BCUT2D eigenvalue weighted by Gasteiger charge is 2.23. The van der Waals surface area contributed by atoms with Gasteiger partial charge in [0.25, 0.3) is 0 Å². The third-order valence-corrected chi connectivity index (χ3v) is 3.64. The van der Waals surface area contributed by atoms with Crippen LogP contribution >= 0.6 is 0 Å². The van der Waals surface area contributed by atoms with Crippen molar-refractivity contribution < 1.29 is 4.74 Å². The van der Waals surface area contributed by atoms with Crippen LogP contribution in [0, 0.1) is 6.92 Å². The van der Waals surface area contributed by atoms with Gasteiger partial charge in [-0.25, -0.2) is 4.98 Å². The van der Waals surface area contributed by atoms with Crippen LogP contribution in [0.3, 0.4) is 0 Å². The van der Waals surface area contributed by atoms with Crippen LogP contribution in [0.5, 0.6) is 5.88 Å². The number of nitrogens with zero attached hydrogens (tertiary/aromatic N) is 3. The van der Waals surface area contributed by atoms with Crippen molar-refractivity contribution in [2.24, 2.45) is 0 Å². The van der Waals surface area contributed by atoms with Crippen LogP contribution in [0.2, 0.25) is 0 Å². The zero-order chi connectivity index (χ0) is 15.5. The molecule has 1 heterocycles. The zero-order valence-corrected chi connectivity index (χ0v) is 14.0. The minimum atomic E-state index is -0.0464. The molecule has 0 aromatic carbocycles. The normalized spacial score (nSPS) is 12.1. The molecule has 0 radical (unpaired) electrons. The topological polar surface area (TPSA) is 50.3 Å². The van der Waals surface area contributed by atoms with E-state index in [2.05, 4.69) is 62.0 Å². The highest BCUT2D eigenvalue weighted by molar-refractivity contribution is 5.48. The van der Waals surface area contributed by atoms with Crippen molar-refractivity contribution >= 4 is 5.82 Å². The fourth-order valence-corrected chi connectivity index (χ4v) is 1.53. The molecule has 0 aliphatic rings. The molecule has 0 saturated heterocycles. The SMILES string of the molecule is CNc1nc(C(C)C)nc(OCC(C)(C)N(C)C)c1C. The Balaban J connectivity index is 3.02. The van der Waals surface area contributed by atoms with Gasteiger partial charge < -0.3 is 15.0 Å². The first-order chi connectivity index (χ1) is 9.19. The molecule has 0 atom stereocenters. The Labute approximate surface area is 122 Å². The van der Waals surface area contributed by atoms with E-state index in [9.17, 15) is 0 Å². The third kappa shape index (κ3) is 3.82. The summed E-state index contributed by atoms with van der Waals surface area (Å²) in [6.07, 6.45) is 0. The molecule has 0 saturated carbocycles. The summed E-state index contributed by atoms with van der Waals surface area (Å²) in [6.45, 7) is 11.0. The van der Waals surface area contributed by atoms with E-state index >= 15 is 0 Å². The predicted octanol–water partition coefficient (Wildman–Crippen LogP) is 2.67. The van der Waals surface area contributed by atoms with Crippen LogP contribution < -0.4 is 10.1 Å². The molecular weight excluding hydrogens is 252 g/mol. The summed E-state index contributed by atoms with van der Waals surface area (Å²) in [5.74, 6) is 2.58. The van der Waals surface area contributed by atoms with Crippen LogP contribution in [0.4, 0.5) is 5.82 Å². The van der Waals surface area contributed by atoms with Crippen LogP contribution in [-0.4, -0.2) is 48.2 Å². The van der Waals surface area contributed by atoms with Crippen LogP contribution in [-0.2, 0) is 0 Å². The fourth-order valence-electron chi connectivity index (χ4n) is 1.53. The second-order valence-electron chi connectivity index (χ2n) is 6.26. The number of aromatic nitrogens is 2. The Morgan fingerprint density at radius 2 is 1.85 bits per heavy atom. The number of rotatable bonds is 6. The van der Waals surface area contributed by atoms with Gasteiger partial charge in [-0.2, -0.15) is 4.98 Å². The average molecular weight is 280 g/mol. The maximum atomic E-state index is 5.96. The average Bonchev–Trinajstić information content (AvgIpc) is 2.37. The molecule has 0 spiro atoms. The summed E-state index contributed by atoms with van der Waals surface area (Å²) in [4.78, 5) is 11.2. The molecule has 0 amide bonds. The molecule has 20 heavy (non-hydrogen) atoms. The van der Waals surface area contributed by atoms with Crippen molar-refractivity contribution in [3.63, 3.8) is 0 Å². The van der Waals surface area contributed by atoms with E-state index < -0.39 is 0 Å². The number of ether oxygens (including phenoxy) is 1. The molecule has 1 aromatic rings. The maximum Gasteiger partial charge on any atom is 0.221 e. The van der Waals surface area contributed by atoms with Gasteiger partial charge in [-0.1, -0.05) is 13.8 Å². The van der Waals surface area contributed by atoms with Crippen molar-refractivity contribution in [2.45, 2.75) is 46.1 Å². The van der Waals surface area contributed by atoms with E-state index in [1.165, 1.54) is 0 Å². The summed E-state index contributed by atoms with van der Waals surface area (Å²) in [7, 11) is 5.97. The van der Waals surface area contributed by atoms with Crippen molar-refractivity contribution in [3.8, 4) is 5.88 Å². The molecule has 1 aromatic heterocycles. The van der Waals surface area contributed by atoms with Crippen LogP contribution in [0.1, 0.15) is 45.0 Å². The van der Waals surface area contributed by atoms with E-state index in [1.54, 1.807) is 0 Å². The van der Waals surface area contributed by atoms with Gasteiger partial charge in [0.2, 0.25) is 5.88 Å². The summed E-state index contributed by atoms with van der Waals surface area (Å²) in [5.41, 5.74) is 0.904. The highest BCUT2D eigenvalue weighted by Crippen LogP contribution is 2.25. The van der Waals surface area contributed by atoms with Crippen molar-refractivity contribution in [1.82, 2.24) is 14.9 Å². The third-order valence-electron chi connectivity index (χ3n) is 3.64. The first-order valence-corrected chi connectivity index (χ1v) is 7.05. The van der Waals surface area contributed by atoms with Gasteiger partial charge in [-0.05, 0) is 34.9 Å². The lowest BCUT2D eigenvalue weighted by Gasteiger charge is -2.32. The summed E-state index contributed by atoms with van der Waals surface area (Å²) < 4.78 is 5.96. The highest BCUT2D eigenvalue weighted by atomic mass is 16.5. The summed E-state index contributed by atoms with van der Waals surface area (Å²) in [6, 6.07) is 0. The van der Waals surface area contributed by atoms with E-state index in [4.69, 9.17) is 4.74 Å². The molecule has 114 valence electrons. The molecular formula is C15H28N4O. The number of nitrogens with one attached hydrogen (secondary N) is 1. The monoisotopic (exact) mass is 280 g/mol. The molecule has 0 fully saturated rings. The molecule has 0 unspecified atom stereocenters. The molecule has 0 aliphatic carbocycles.